The van der Waals surface area contributed by atoms with Crippen molar-refractivity contribution in [3.05, 3.63) is 87.8 Å². The van der Waals surface area contributed by atoms with Gasteiger partial charge in [0.1, 0.15) is 17.3 Å². The van der Waals surface area contributed by atoms with Crippen LogP contribution >= 0.6 is 0 Å². The van der Waals surface area contributed by atoms with Gasteiger partial charge in [0.15, 0.2) is 0 Å². The molecule has 3 rings (SSSR count). The third kappa shape index (κ3) is 6.00. The van der Waals surface area contributed by atoms with E-state index in [-0.39, 0.29) is 42.1 Å². The summed E-state index contributed by atoms with van der Waals surface area (Å²) in [4.78, 5) is 38.4. The van der Waals surface area contributed by atoms with Crippen molar-refractivity contribution in [2.24, 2.45) is 0 Å². The summed E-state index contributed by atoms with van der Waals surface area (Å²) in [6.45, 7) is -0.0304. The molecule has 0 fully saturated rings. The van der Waals surface area contributed by atoms with E-state index in [1.54, 1.807) is 38.4 Å². The fourth-order valence-electron chi connectivity index (χ4n) is 3.18. The largest absolute Gasteiger partial charge is 0.465 e. The molecule has 33 heavy (non-hydrogen) atoms. The van der Waals surface area contributed by atoms with Crippen molar-refractivity contribution in [2.45, 2.75) is 12.8 Å². The number of halogens is 2. The summed E-state index contributed by atoms with van der Waals surface area (Å²) in [5.74, 6) is -1.76. The molecule has 0 atom stereocenters. The van der Waals surface area contributed by atoms with Crippen LogP contribution in [0.2, 0.25) is 0 Å². The van der Waals surface area contributed by atoms with Crippen molar-refractivity contribution in [1.29, 1.82) is 0 Å². The molecule has 0 saturated carbocycles. The first-order chi connectivity index (χ1) is 15.6. The number of benzene rings is 2. The van der Waals surface area contributed by atoms with Crippen molar-refractivity contribution < 1.29 is 23.5 Å². The van der Waals surface area contributed by atoms with Crippen LogP contribution in [0.3, 0.4) is 0 Å². The molecule has 0 bridgehead atoms. The predicted molar refractivity (Wildman–Crippen MR) is 118 cm³/mol. The Morgan fingerprint density at radius 2 is 1.76 bits per heavy atom. The van der Waals surface area contributed by atoms with Crippen LogP contribution in [0.25, 0.3) is 5.69 Å². The minimum Gasteiger partial charge on any atom is -0.465 e. The van der Waals surface area contributed by atoms with Gasteiger partial charge in [-0.05, 0) is 29.8 Å². The standard InChI is InChI=1S/C23H22F2N4O4/c1-27(2)22(31)7-8-28(23(32)33)18-5-3-4-15(10-18)11-20-21(30)6-9-29(26-20)19-13-16(24)12-17(25)14-19/h3-6,9-10,12-14H,7-8,11H2,1-2H3,(H,32,33). The topological polar surface area (TPSA) is 95.7 Å². The molecular formula is C23H22F2N4O4. The fourth-order valence-corrected chi connectivity index (χ4v) is 3.18. The van der Waals surface area contributed by atoms with E-state index < -0.39 is 17.7 Å². The van der Waals surface area contributed by atoms with Crippen molar-refractivity contribution in [3.63, 3.8) is 0 Å². The van der Waals surface area contributed by atoms with Gasteiger partial charge in [-0.1, -0.05) is 12.1 Å². The lowest BCUT2D eigenvalue weighted by Gasteiger charge is -2.21. The van der Waals surface area contributed by atoms with Crippen LogP contribution in [0.4, 0.5) is 19.3 Å². The number of aromatic nitrogens is 2. The minimum absolute atomic E-state index is 0.0126. The van der Waals surface area contributed by atoms with Gasteiger partial charge in [0.25, 0.3) is 0 Å². The lowest BCUT2D eigenvalue weighted by molar-refractivity contribution is -0.128. The number of hydrogen-bond donors (Lipinski definition) is 1. The van der Waals surface area contributed by atoms with Gasteiger partial charge in [0, 0.05) is 57.5 Å². The van der Waals surface area contributed by atoms with Gasteiger partial charge in [-0.25, -0.2) is 18.3 Å². The normalized spacial score (nSPS) is 10.7. The number of anilines is 1. The Balaban J connectivity index is 1.87. The highest BCUT2D eigenvalue weighted by atomic mass is 19.1. The van der Waals surface area contributed by atoms with Gasteiger partial charge in [-0.15, -0.1) is 0 Å². The van der Waals surface area contributed by atoms with Crippen LogP contribution in [-0.4, -0.2) is 52.4 Å². The molecule has 0 radical (unpaired) electrons. The molecule has 0 unspecified atom stereocenters. The van der Waals surface area contributed by atoms with Crippen LogP contribution in [-0.2, 0) is 11.2 Å². The lowest BCUT2D eigenvalue weighted by atomic mass is 10.1. The predicted octanol–water partition coefficient (Wildman–Crippen LogP) is 3.06. The summed E-state index contributed by atoms with van der Waals surface area (Å²) in [5.41, 5.74) is 0.801. The van der Waals surface area contributed by atoms with Crippen molar-refractivity contribution in [3.8, 4) is 5.69 Å². The summed E-state index contributed by atoms with van der Waals surface area (Å²) in [6, 6.07) is 10.7. The summed E-state index contributed by atoms with van der Waals surface area (Å²) in [6.07, 6.45) is 0.172. The Kier molecular flexibility index (Phi) is 7.17. The van der Waals surface area contributed by atoms with E-state index >= 15 is 0 Å². The Bertz CT molecular complexity index is 1220. The summed E-state index contributed by atoms with van der Waals surface area (Å²) >= 11 is 0. The molecule has 2 aromatic carbocycles. The van der Waals surface area contributed by atoms with Gasteiger partial charge < -0.3 is 10.0 Å². The number of carbonyl (C=O) groups excluding carboxylic acids is 1. The Morgan fingerprint density at radius 1 is 1.06 bits per heavy atom. The second kappa shape index (κ2) is 10.0. The van der Waals surface area contributed by atoms with E-state index in [9.17, 15) is 28.3 Å². The zero-order valence-electron chi connectivity index (χ0n) is 18.0. The number of amides is 2. The number of carbonyl (C=O) groups is 2. The molecule has 2 amide bonds. The highest BCUT2D eigenvalue weighted by Gasteiger charge is 2.17. The molecule has 172 valence electrons. The van der Waals surface area contributed by atoms with Crippen molar-refractivity contribution in [1.82, 2.24) is 14.7 Å². The van der Waals surface area contributed by atoms with Gasteiger partial charge in [0.2, 0.25) is 11.3 Å². The monoisotopic (exact) mass is 456 g/mol. The van der Waals surface area contributed by atoms with Crippen LogP contribution in [0.15, 0.2) is 59.5 Å². The molecule has 8 nitrogen and oxygen atoms in total. The second-order valence-electron chi connectivity index (χ2n) is 7.52. The molecule has 0 aliphatic rings. The molecular weight excluding hydrogens is 434 g/mol. The zero-order chi connectivity index (χ0) is 24.1. The molecule has 10 heteroatoms. The molecule has 0 aliphatic carbocycles. The van der Waals surface area contributed by atoms with Crippen LogP contribution in [0.5, 0.6) is 0 Å². The minimum atomic E-state index is -1.22. The first-order valence-electron chi connectivity index (χ1n) is 9.99. The zero-order valence-corrected chi connectivity index (χ0v) is 18.0. The van der Waals surface area contributed by atoms with E-state index in [1.807, 2.05) is 0 Å². The maximum Gasteiger partial charge on any atom is 0.411 e. The van der Waals surface area contributed by atoms with Crippen LogP contribution in [0.1, 0.15) is 17.7 Å². The van der Waals surface area contributed by atoms with Crippen LogP contribution in [0, 0.1) is 11.6 Å². The first-order valence-corrected chi connectivity index (χ1v) is 9.99. The summed E-state index contributed by atoms with van der Waals surface area (Å²) < 4.78 is 28.3. The number of nitrogens with zero attached hydrogens (tertiary/aromatic N) is 4. The summed E-state index contributed by atoms with van der Waals surface area (Å²) in [5, 5.41) is 13.8. The van der Waals surface area contributed by atoms with E-state index in [1.165, 1.54) is 21.8 Å². The average molecular weight is 456 g/mol. The molecule has 0 aliphatic heterocycles. The van der Waals surface area contributed by atoms with Gasteiger partial charge in [-0.3, -0.25) is 14.5 Å². The van der Waals surface area contributed by atoms with Crippen molar-refractivity contribution >= 4 is 17.7 Å². The quantitative estimate of drug-likeness (QED) is 0.590. The molecule has 3 aromatic rings. The Morgan fingerprint density at radius 3 is 2.39 bits per heavy atom. The molecule has 0 saturated heterocycles. The number of rotatable bonds is 7. The molecule has 1 heterocycles. The van der Waals surface area contributed by atoms with Gasteiger partial charge >= 0.3 is 6.09 Å². The highest BCUT2D eigenvalue weighted by molar-refractivity contribution is 5.87. The van der Waals surface area contributed by atoms with Gasteiger partial charge in [-0.2, -0.15) is 5.10 Å². The van der Waals surface area contributed by atoms with E-state index in [4.69, 9.17) is 0 Å². The Labute approximate surface area is 188 Å². The first kappa shape index (κ1) is 23.6. The smallest absolute Gasteiger partial charge is 0.411 e. The highest BCUT2D eigenvalue weighted by Crippen LogP contribution is 2.19. The van der Waals surface area contributed by atoms with Gasteiger partial charge in [0.05, 0.1) is 5.69 Å². The SMILES string of the molecule is CN(C)C(=O)CCN(C(=O)O)c1cccc(Cc2nn(-c3cc(F)cc(F)c3)ccc2=O)c1. The molecule has 1 aromatic heterocycles. The van der Waals surface area contributed by atoms with Crippen molar-refractivity contribution in [2.75, 3.05) is 25.5 Å². The third-order valence-electron chi connectivity index (χ3n) is 4.86. The van der Waals surface area contributed by atoms with E-state index in [0.29, 0.717) is 11.3 Å². The van der Waals surface area contributed by atoms with E-state index in [2.05, 4.69) is 5.10 Å². The summed E-state index contributed by atoms with van der Waals surface area (Å²) in [7, 11) is 3.18. The second-order valence-corrected chi connectivity index (χ2v) is 7.52. The van der Waals surface area contributed by atoms with E-state index in [0.717, 1.165) is 23.1 Å². The third-order valence-corrected chi connectivity index (χ3v) is 4.86. The molecule has 1 N–H and O–H groups in total. The number of carboxylic acid groups (broad SMARTS) is 1. The Hall–Kier alpha value is -4.08. The van der Waals surface area contributed by atoms with Crippen LogP contribution < -0.4 is 10.3 Å². The maximum absolute atomic E-state index is 13.6. The fraction of sp³-hybridized carbons (Fsp3) is 0.217. The average Bonchev–Trinajstić information content (AvgIpc) is 2.74. The maximum atomic E-state index is 13.6. The lowest BCUT2D eigenvalue weighted by Crippen LogP contribution is -2.34. The number of hydrogen-bond acceptors (Lipinski definition) is 4. The molecule has 0 spiro atoms.